The zero-order valence-corrected chi connectivity index (χ0v) is 8.66. The second kappa shape index (κ2) is 6.71. The van der Waals surface area contributed by atoms with Crippen molar-refractivity contribution in [1.82, 2.24) is 0 Å². The average Bonchev–Trinajstić information content (AvgIpc) is 2.10. The Balaban J connectivity index is 3.72. The Morgan fingerprint density at radius 1 is 1.38 bits per heavy atom. The highest BCUT2D eigenvalue weighted by Gasteiger charge is 2.09. The maximum absolute atomic E-state index is 5.60. The Labute approximate surface area is 80.6 Å². The highest BCUT2D eigenvalue weighted by atomic mass is 15.0. The number of aliphatic imine (C=N–C) groups is 1. The third-order valence-corrected chi connectivity index (χ3v) is 2.23. The van der Waals surface area contributed by atoms with Gasteiger partial charge in [-0.2, -0.15) is 0 Å². The molecule has 0 radical (unpaired) electrons. The zero-order valence-electron chi connectivity index (χ0n) is 8.66. The normalized spacial score (nSPS) is 15.0. The lowest BCUT2D eigenvalue weighted by Gasteiger charge is -2.16. The van der Waals surface area contributed by atoms with E-state index >= 15 is 0 Å². The summed E-state index contributed by atoms with van der Waals surface area (Å²) in [6, 6.07) is 0. The van der Waals surface area contributed by atoms with Crippen LogP contribution in [0.2, 0.25) is 0 Å². The van der Waals surface area contributed by atoms with Crippen LogP contribution < -0.4 is 17.2 Å². The molecule has 0 aromatic carbocycles. The van der Waals surface area contributed by atoms with Gasteiger partial charge in [0.25, 0.3) is 0 Å². The number of nitrogens with zero attached hydrogens (tertiary/aromatic N) is 1. The molecule has 0 heterocycles. The van der Waals surface area contributed by atoms with E-state index in [0.717, 1.165) is 19.4 Å². The fourth-order valence-electron chi connectivity index (χ4n) is 1.33. The van der Waals surface area contributed by atoms with Crippen LogP contribution in [0.1, 0.15) is 26.7 Å². The van der Waals surface area contributed by atoms with Gasteiger partial charge in [0.05, 0.1) is 0 Å². The predicted molar refractivity (Wildman–Crippen MR) is 57.3 cm³/mol. The maximum atomic E-state index is 5.60. The fraction of sp³-hybridized carbons (Fsp3) is 0.889. The number of hydrogen-bond donors (Lipinski definition) is 3. The number of guanidine groups is 1. The minimum atomic E-state index is 0.174. The maximum Gasteiger partial charge on any atom is 0.185 e. The van der Waals surface area contributed by atoms with E-state index in [2.05, 4.69) is 18.8 Å². The quantitative estimate of drug-likeness (QED) is 0.411. The lowest BCUT2D eigenvalue weighted by Crippen LogP contribution is -2.24. The first-order valence-corrected chi connectivity index (χ1v) is 4.85. The van der Waals surface area contributed by atoms with Gasteiger partial charge in [0, 0.05) is 6.54 Å². The first-order valence-electron chi connectivity index (χ1n) is 4.85. The third-order valence-electron chi connectivity index (χ3n) is 2.23. The van der Waals surface area contributed by atoms with Crippen LogP contribution in [0.25, 0.3) is 0 Å². The molecule has 0 rings (SSSR count). The smallest absolute Gasteiger partial charge is 0.185 e. The molecule has 2 atom stereocenters. The molecular weight excluding hydrogens is 164 g/mol. The molecule has 6 N–H and O–H groups in total. The van der Waals surface area contributed by atoms with Crippen molar-refractivity contribution in [3.05, 3.63) is 0 Å². The van der Waals surface area contributed by atoms with Crippen molar-refractivity contribution in [3.8, 4) is 0 Å². The molecular formula is C9H22N4. The first kappa shape index (κ1) is 12.2. The summed E-state index contributed by atoms with van der Waals surface area (Å²) in [5.41, 5.74) is 16.1. The van der Waals surface area contributed by atoms with Gasteiger partial charge in [0.2, 0.25) is 0 Å². The monoisotopic (exact) mass is 186 g/mol. The molecule has 0 saturated carbocycles. The molecule has 2 unspecified atom stereocenters. The predicted octanol–water partition coefficient (Wildman–Crippen LogP) is 0.271. The molecule has 0 amide bonds. The molecule has 0 fully saturated rings. The van der Waals surface area contributed by atoms with Crippen molar-refractivity contribution in [3.63, 3.8) is 0 Å². The van der Waals surface area contributed by atoms with Crippen LogP contribution in [-0.4, -0.2) is 19.0 Å². The lowest BCUT2D eigenvalue weighted by molar-refractivity contribution is 0.393. The van der Waals surface area contributed by atoms with Crippen LogP contribution in [0.4, 0.5) is 0 Å². The molecule has 4 heteroatoms. The van der Waals surface area contributed by atoms with Gasteiger partial charge in [0.1, 0.15) is 0 Å². The zero-order chi connectivity index (χ0) is 10.3. The van der Waals surface area contributed by atoms with Gasteiger partial charge < -0.3 is 17.2 Å². The number of hydrogen-bond acceptors (Lipinski definition) is 2. The summed E-state index contributed by atoms with van der Waals surface area (Å²) in [6.45, 7) is 5.76. The lowest BCUT2D eigenvalue weighted by atomic mass is 9.94. The minimum absolute atomic E-state index is 0.174. The average molecular weight is 186 g/mol. The van der Waals surface area contributed by atoms with Crippen LogP contribution >= 0.6 is 0 Å². The van der Waals surface area contributed by atoms with Crippen LogP contribution in [0.15, 0.2) is 4.99 Å². The molecule has 13 heavy (non-hydrogen) atoms. The van der Waals surface area contributed by atoms with E-state index in [9.17, 15) is 0 Å². The summed E-state index contributed by atoms with van der Waals surface area (Å²) in [7, 11) is 0. The molecule has 0 aliphatic carbocycles. The summed E-state index contributed by atoms with van der Waals surface area (Å²) in [5, 5.41) is 0. The Morgan fingerprint density at radius 3 is 2.38 bits per heavy atom. The molecule has 0 aliphatic heterocycles. The van der Waals surface area contributed by atoms with Crippen molar-refractivity contribution in [2.24, 2.45) is 34.0 Å². The van der Waals surface area contributed by atoms with Gasteiger partial charge in [-0.3, -0.25) is 4.99 Å². The van der Waals surface area contributed by atoms with E-state index in [1.54, 1.807) is 0 Å². The highest BCUT2D eigenvalue weighted by molar-refractivity contribution is 5.75. The second-order valence-electron chi connectivity index (χ2n) is 3.62. The van der Waals surface area contributed by atoms with Crippen molar-refractivity contribution < 1.29 is 0 Å². The van der Waals surface area contributed by atoms with Crippen LogP contribution in [0, 0.1) is 11.8 Å². The largest absolute Gasteiger partial charge is 0.370 e. The van der Waals surface area contributed by atoms with Gasteiger partial charge in [-0.15, -0.1) is 0 Å². The standard InChI is InChI=1S/C9H22N4/c1-3-8(5-10)4-7(2)6-13-9(11)12/h7-8H,3-6,10H2,1-2H3,(H4,11,12,13). The summed E-state index contributed by atoms with van der Waals surface area (Å²) < 4.78 is 0. The Morgan fingerprint density at radius 2 is 2.00 bits per heavy atom. The first-order chi connectivity index (χ1) is 6.10. The molecule has 0 bridgehead atoms. The Bertz CT molecular complexity index is 148. The molecule has 0 spiro atoms. The van der Waals surface area contributed by atoms with E-state index in [1.807, 2.05) is 0 Å². The summed E-state index contributed by atoms with van der Waals surface area (Å²) in [5.74, 6) is 1.28. The summed E-state index contributed by atoms with van der Waals surface area (Å²) in [6.07, 6.45) is 2.23. The number of nitrogens with two attached hydrogens (primary N) is 3. The van der Waals surface area contributed by atoms with Crippen LogP contribution in [-0.2, 0) is 0 Å². The van der Waals surface area contributed by atoms with Crippen molar-refractivity contribution >= 4 is 5.96 Å². The van der Waals surface area contributed by atoms with Gasteiger partial charge in [-0.05, 0) is 24.8 Å². The topological polar surface area (TPSA) is 90.4 Å². The SMILES string of the molecule is CCC(CN)CC(C)CN=C(N)N. The molecule has 0 aromatic rings. The van der Waals surface area contributed by atoms with Crippen molar-refractivity contribution in [2.75, 3.05) is 13.1 Å². The molecule has 4 nitrogen and oxygen atoms in total. The van der Waals surface area contributed by atoms with Gasteiger partial charge in [-0.1, -0.05) is 20.3 Å². The van der Waals surface area contributed by atoms with E-state index in [4.69, 9.17) is 17.2 Å². The second-order valence-corrected chi connectivity index (χ2v) is 3.62. The Hall–Kier alpha value is -0.770. The summed E-state index contributed by atoms with van der Waals surface area (Å²) >= 11 is 0. The van der Waals surface area contributed by atoms with E-state index in [-0.39, 0.29) is 5.96 Å². The summed E-state index contributed by atoms with van der Waals surface area (Å²) in [4.78, 5) is 3.98. The highest BCUT2D eigenvalue weighted by Crippen LogP contribution is 2.14. The van der Waals surface area contributed by atoms with Crippen molar-refractivity contribution in [2.45, 2.75) is 26.7 Å². The van der Waals surface area contributed by atoms with Gasteiger partial charge in [0.15, 0.2) is 5.96 Å². The third kappa shape index (κ3) is 6.40. The van der Waals surface area contributed by atoms with E-state index in [1.165, 1.54) is 0 Å². The Kier molecular flexibility index (Phi) is 6.32. The molecule has 78 valence electrons. The van der Waals surface area contributed by atoms with Crippen LogP contribution in [0.3, 0.4) is 0 Å². The van der Waals surface area contributed by atoms with Crippen LogP contribution in [0.5, 0.6) is 0 Å². The number of rotatable bonds is 6. The van der Waals surface area contributed by atoms with Crippen molar-refractivity contribution in [1.29, 1.82) is 0 Å². The van der Waals surface area contributed by atoms with Gasteiger partial charge in [-0.25, -0.2) is 0 Å². The van der Waals surface area contributed by atoms with Gasteiger partial charge >= 0.3 is 0 Å². The minimum Gasteiger partial charge on any atom is -0.370 e. The van der Waals surface area contributed by atoms with E-state index in [0.29, 0.717) is 18.4 Å². The molecule has 0 aromatic heterocycles. The van der Waals surface area contributed by atoms with E-state index < -0.39 is 0 Å². The molecule has 0 aliphatic rings. The fourth-order valence-corrected chi connectivity index (χ4v) is 1.33. The molecule has 0 saturated heterocycles.